The number of rotatable bonds is 5. The Morgan fingerprint density at radius 3 is 2.70 bits per heavy atom. The first-order valence-corrected chi connectivity index (χ1v) is 8.30. The molecule has 0 saturated carbocycles. The lowest BCUT2D eigenvalue weighted by molar-refractivity contribution is -0.137. The molecule has 9 heteroatoms. The van der Waals surface area contributed by atoms with Gasteiger partial charge >= 0.3 is 6.18 Å². The van der Waals surface area contributed by atoms with E-state index in [9.17, 15) is 18.0 Å². The van der Waals surface area contributed by atoms with Crippen molar-refractivity contribution in [1.29, 1.82) is 0 Å². The van der Waals surface area contributed by atoms with Gasteiger partial charge in [0.2, 0.25) is 11.8 Å². The van der Waals surface area contributed by atoms with Crippen molar-refractivity contribution in [2.45, 2.75) is 12.7 Å². The average Bonchev–Trinajstić information content (AvgIpc) is 2.97. The minimum absolute atomic E-state index is 0.0204. The van der Waals surface area contributed by atoms with Gasteiger partial charge in [-0.05, 0) is 37.4 Å². The van der Waals surface area contributed by atoms with Gasteiger partial charge in [0, 0.05) is 5.69 Å². The van der Waals surface area contributed by atoms with E-state index in [0.29, 0.717) is 17.0 Å². The molecule has 0 aliphatic rings. The van der Waals surface area contributed by atoms with Crippen LogP contribution in [0.3, 0.4) is 0 Å². The smallest absolute Gasteiger partial charge is 0.417 e. The molecule has 0 saturated heterocycles. The highest BCUT2D eigenvalue weighted by molar-refractivity contribution is 6.31. The summed E-state index contributed by atoms with van der Waals surface area (Å²) in [6, 6.07) is 10.5. The van der Waals surface area contributed by atoms with Gasteiger partial charge in [-0.3, -0.25) is 9.69 Å². The highest BCUT2D eigenvalue weighted by Gasteiger charge is 2.33. The third-order valence-electron chi connectivity index (χ3n) is 3.71. The van der Waals surface area contributed by atoms with E-state index < -0.39 is 22.7 Å². The topological polar surface area (TPSA) is 58.4 Å². The van der Waals surface area contributed by atoms with Crippen molar-refractivity contribution in [3.63, 3.8) is 0 Å². The number of nitrogens with zero attached hydrogens (tertiary/aromatic N) is 2. The van der Waals surface area contributed by atoms with E-state index in [4.69, 9.17) is 16.0 Å². The van der Waals surface area contributed by atoms with E-state index in [2.05, 4.69) is 10.3 Å². The highest BCUT2D eigenvalue weighted by Crippen LogP contribution is 2.36. The lowest BCUT2D eigenvalue weighted by Crippen LogP contribution is -2.30. The number of alkyl halides is 3. The Morgan fingerprint density at radius 2 is 2.00 bits per heavy atom. The molecule has 1 N–H and O–H groups in total. The maximum atomic E-state index is 12.9. The molecule has 142 valence electrons. The molecule has 5 nitrogen and oxygen atoms in total. The quantitative estimate of drug-likeness (QED) is 0.685. The molecule has 2 aromatic carbocycles. The van der Waals surface area contributed by atoms with Crippen LogP contribution in [0.1, 0.15) is 11.5 Å². The summed E-state index contributed by atoms with van der Waals surface area (Å²) < 4.78 is 44.2. The monoisotopic (exact) mass is 397 g/mol. The molecule has 1 heterocycles. The number of amides is 1. The van der Waals surface area contributed by atoms with Crippen molar-refractivity contribution in [2.24, 2.45) is 0 Å². The molecule has 1 amide bonds. The number of halogens is 4. The van der Waals surface area contributed by atoms with Crippen LogP contribution in [-0.2, 0) is 17.5 Å². The highest BCUT2D eigenvalue weighted by atomic mass is 35.5. The summed E-state index contributed by atoms with van der Waals surface area (Å²) in [5, 5.41) is 2.01. The number of hydrogen-bond donors (Lipinski definition) is 1. The second kappa shape index (κ2) is 7.58. The summed E-state index contributed by atoms with van der Waals surface area (Å²) in [4.78, 5) is 18.1. The second-order valence-electron chi connectivity index (χ2n) is 5.99. The molecule has 0 aliphatic heterocycles. The van der Waals surface area contributed by atoms with Crippen molar-refractivity contribution in [3.05, 3.63) is 58.9 Å². The van der Waals surface area contributed by atoms with Crippen LogP contribution in [0.2, 0.25) is 5.02 Å². The van der Waals surface area contributed by atoms with Gasteiger partial charge in [0.05, 0.1) is 23.7 Å². The molecular formula is C18H15ClF3N3O2. The third kappa shape index (κ3) is 4.78. The normalized spacial score (nSPS) is 11.9. The number of carbonyl (C=O) groups is 1. The van der Waals surface area contributed by atoms with Crippen molar-refractivity contribution >= 4 is 34.3 Å². The second-order valence-corrected chi connectivity index (χ2v) is 6.40. The van der Waals surface area contributed by atoms with Gasteiger partial charge in [-0.1, -0.05) is 23.7 Å². The zero-order valence-corrected chi connectivity index (χ0v) is 14.9. The number of para-hydroxylation sites is 2. The lowest BCUT2D eigenvalue weighted by Gasteiger charge is -2.15. The summed E-state index contributed by atoms with van der Waals surface area (Å²) in [5.74, 6) is -0.0265. The van der Waals surface area contributed by atoms with Gasteiger partial charge in [-0.2, -0.15) is 13.2 Å². The zero-order chi connectivity index (χ0) is 19.6. The molecule has 0 atom stereocenters. The van der Waals surface area contributed by atoms with E-state index >= 15 is 0 Å². The van der Waals surface area contributed by atoms with Crippen LogP contribution in [0.5, 0.6) is 0 Å². The molecule has 27 heavy (non-hydrogen) atoms. The number of nitrogens with one attached hydrogen (secondary N) is 1. The Morgan fingerprint density at radius 1 is 1.26 bits per heavy atom. The molecule has 0 radical (unpaired) electrons. The van der Waals surface area contributed by atoms with Crippen LogP contribution in [0.4, 0.5) is 18.9 Å². The SMILES string of the molecule is CN(CC(=O)Nc1ccc(Cl)c(C(F)(F)F)c1)Cc1nc2ccccc2o1. The number of benzene rings is 2. The first kappa shape index (κ1) is 19.2. The van der Waals surface area contributed by atoms with E-state index in [0.717, 1.165) is 12.1 Å². The maximum absolute atomic E-state index is 12.9. The summed E-state index contributed by atoms with van der Waals surface area (Å²) >= 11 is 5.57. The molecule has 0 aliphatic carbocycles. The molecule has 0 unspecified atom stereocenters. The molecule has 0 bridgehead atoms. The largest absolute Gasteiger partial charge is 0.439 e. The summed E-state index contributed by atoms with van der Waals surface area (Å²) in [6.07, 6.45) is -4.60. The number of fused-ring (bicyclic) bond motifs is 1. The van der Waals surface area contributed by atoms with Crippen molar-refractivity contribution in [1.82, 2.24) is 9.88 Å². The Labute approximate surface area is 157 Å². The van der Waals surface area contributed by atoms with Gasteiger partial charge in [0.25, 0.3) is 0 Å². The average molecular weight is 398 g/mol. The minimum atomic E-state index is -4.60. The van der Waals surface area contributed by atoms with E-state index in [1.165, 1.54) is 6.07 Å². The van der Waals surface area contributed by atoms with Crippen molar-refractivity contribution in [2.75, 3.05) is 18.9 Å². The predicted octanol–water partition coefficient (Wildman–Crippen LogP) is 4.57. The summed E-state index contributed by atoms with van der Waals surface area (Å²) in [7, 11) is 1.68. The maximum Gasteiger partial charge on any atom is 0.417 e. The molecule has 0 spiro atoms. The Bertz CT molecular complexity index is 939. The van der Waals surface area contributed by atoms with E-state index in [1.807, 2.05) is 18.2 Å². The fourth-order valence-electron chi connectivity index (χ4n) is 2.54. The van der Waals surface area contributed by atoms with Gasteiger partial charge in [0.15, 0.2) is 5.58 Å². The first-order chi connectivity index (χ1) is 12.7. The van der Waals surface area contributed by atoms with Gasteiger partial charge < -0.3 is 9.73 Å². The van der Waals surface area contributed by atoms with Gasteiger partial charge in [0.1, 0.15) is 5.52 Å². The van der Waals surface area contributed by atoms with E-state index in [1.54, 1.807) is 18.0 Å². The fourth-order valence-corrected chi connectivity index (χ4v) is 2.76. The molecule has 1 aromatic heterocycles. The minimum Gasteiger partial charge on any atom is -0.439 e. The summed E-state index contributed by atoms with van der Waals surface area (Å²) in [6.45, 7) is 0.221. The van der Waals surface area contributed by atoms with Crippen LogP contribution >= 0.6 is 11.6 Å². The number of anilines is 1. The number of hydrogen-bond acceptors (Lipinski definition) is 4. The van der Waals surface area contributed by atoms with Crippen LogP contribution in [0.15, 0.2) is 46.9 Å². The zero-order valence-electron chi connectivity index (χ0n) is 14.2. The van der Waals surface area contributed by atoms with Crippen LogP contribution in [0, 0.1) is 0 Å². The lowest BCUT2D eigenvalue weighted by atomic mass is 10.2. The van der Waals surface area contributed by atoms with Crippen LogP contribution in [-0.4, -0.2) is 29.4 Å². The molecule has 0 fully saturated rings. The molecule has 3 rings (SSSR count). The number of oxazole rings is 1. The van der Waals surface area contributed by atoms with Crippen molar-refractivity contribution < 1.29 is 22.4 Å². The van der Waals surface area contributed by atoms with E-state index in [-0.39, 0.29) is 18.8 Å². The van der Waals surface area contributed by atoms with Crippen LogP contribution in [0.25, 0.3) is 11.1 Å². The van der Waals surface area contributed by atoms with Crippen molar-refractivity contribution in [3.8, 4) is 0 Å². The van der Waals surface area contributed by atoms with Crippen LogP contribution < -0.4 is 5.32 Å². The number of carbonyl (C=O) groups excluding carboxylic acids is 1. The Balaban J connectivity index is 1.61. The fraction of sp³-hybridized carbons (Fsp3) is 0.222. The summed E-state index contributed by atoms with van der Waals surface area (Å²) in [5.41, 5.74) is 0.381. The van der Waals surface area contributed by atoms with Gasteiger partial charge in [-0.15, -0.1) is 0 Å². The standard InChI is InChI=1S/C18H15ClF3N3O2/c1-25(10-17-24-14-4-2-3-5-15(14)27-17)9-16(26)23-11-6-7-13(19)12(8-11)18(20,21)22/h2-8H,9-10H2,1H3,(H,23,26). The first-order valence-electron chi connectivity index (χ1n) is 7.92. The Kier molecular flexibility index (Phi) is 5.38. The Hall–Kier alpha value is -2.58. The molecule has 3 aromatic rings. The number of likely N-dealkylation sites (N-methyl/N-ethyl adjacent to an activating group) is 1. The predicted molar refractivity (Wildman–Crippen MR) is 95.4 cm³/mol. The third-order valence-corrected chi connectivity index (χ3v) is 4.04. The molecular weight excluding hydrogens is 383 g/mol. The number of aromatic nitrogens is 1. The van der Waals surface area contributed by atoms with Gasteiger partial charge in [-0.25, -0.2) is 4.98 Å².